The fourth-order valence-corrected chi connectivity index (χ4v) is 4.27. The molecule has 0 saturated heterocycles. The largest absolute Gasteiger partial charge is 0.495 e. The third kappa shape index (κ3) is 3.06. The molecule has 114 valence electrons. The number of sulfone groups is 1. The average molecular weight is 374 g/mol. The fraction of sp³-hybridized carbons (Fsp3) is 0.308. The molecule has 1 heterocycles. The van der Waals surface area contributed by atoms with E-state index in [0.29, 0.717) is 15.9 Å². The zero-order valence-electron chi connectivity index (χ0n) is 11.9. The van der Waals surface area contributed by atoms with Crippen LogP contribution in [0.15, 0.2) is 27.6 Å². The second-order valence-corrected chi connectivity index (χ2v) is 7.39. The molecule has 0 saturated carbocycles. The number of aryl methyl sites for hydroxylation is 2. The highest BCUT2D eigenvalue weighted by molar-refractivity contribution is 9.10. The van der Waals surface area contributed by atoms with Crippen molar-refractivity contribution >= 4 is 31.5 Å². The molecule has 6 nitrogen and oxygen atoms in total. The maximum Gasteiger partial charge on any atom is 0.187 e. The van der Waals surface area contributed by atoms with Gasteiger partial charge in [-0.25, -0.2) is 8.42 Å². The van der Waals surface area contributed by atoms with Gasteiger partial charge >= 0.3 is 0 Å². The summed E-state index contributed by atoms with van der Waals surface area (Å²) in [4.78, 5) is 0.116. The summed E-state index contributed by atoms with van der Waals surface area (Å²) in [6.07, 6.45) is 0. The Labute approximate surface area is 132 Å². The molecular formula is C13H16BrN3O3S. The van der Waals surface area contributed by atoms with Gasteiger partial charge < -0.3 is 10.5 Å². The van der Waals surface area contributed by atoms with Crippen molar-refractivity contribution < 1.29 is 13.2 Å². The van der Waals surface area contributed by atoms with Gasteiger partial charge in [0.25, 0.3) is 0 Å². The second kappa shape index (κ2) is 5.69. The van der Waals surface area contributed by atoms with Crippen molar-refractivity contribution in [3.8, 4) is 5.75 Å². The van der Waals surface area contributed by atoms with Crippen molar-refractivity contribution in [2.45, 2.75) is 17.6 Å². The van der Waals surface area contributed by atoms with E-state index in [-0.39, 0.29) is 16.4 Å². The number of nitrogens with two attached hydrogens (primary N) is 1. The molecule has 2 aromatic rings. The lowest BCUT2D eigenvalue weighted by Gasteiger charge is -2.11. The molecule has 0 bridgehead atoms. The summed E-state index contributed by atoms with van der Waals surface area (Å²) in [5, 5.41) is 4.20. The van der Waals surface area contributed by atoms with Gasteiger partial charge in [-0.05, 0) is 35.0 Å². The molecule has 0 atom stereocenters. The summed E-state index contributed by atoms with van der Waals surface area (Å²) >= 11 is 3.37. The first-order chi connectivity index (χ1) is 9.76. The second-order valence-electron chi connectivity index (χ2n) is 4.64. The van der Waals surface area contributed by atoms with Gasteiger partial charge in [0, 0.05) is 18.8 Å². The molecule has 1 aromatic heterocycles. The standard InChI is InChI=1S/C13H16BrN3O3S/c1-8-13(14)10(17(2)16-8)7-21(18,19)12-5-4-9(15)6-11(12)20-3/h4-6H,7,15H2,1-3H3. The number of aromatic nitrogens is 2. The number of ether oxygens (including phenoxy) is 1. The Balaban J connectivity index is 2.48. The summed E-state index contributed by atoms with van der Waals surface area (Å²) in [5.41, 5.74) is 7.43. The van der Waals surface area contributed by atoms with Crippen LogP contribution in [0.3, 0.4) is 0 Å². The SMILES string of the molecule is COc1cc(N)ccc1S(=O)(=O)Cc1c(Br)c(C)nn1C. The Hall–Kier alpha value is -1.54. The molecule has 21 heavy (non-hydrogen) atoms. The van der Waals surface area contributed by atoms with E-state index in [1.165, 1.54) is 19.2 Å². The van der Waals surface area contributed by atoms with Gasteiger partial charge in [0.15, 0.2) is 9.84 Å². The summed E-state index contributed by atoms with van der Waals surface area (Å²) in [6, 6.07) is 4.50. The summed E-state index contributed by atoms with van der Waals surface area (Å²) in [6.45, 7) is 1.81. The van der Waals surface area contributed by atoms with E-state index in [1.54, 1.807) is 17.8 Å². The molecule has 0 aliphatic carbocycles. The fourth-order valence-electron chi connectivity index (χ4n) is 2.04. The number of anilines is 1. The third-order valence-corrected chi connectivity index (χ3v) is 5.80. The Morgan fingerprint density at radius 3 is 2.62 bits per heavy atom. The lowest BCUT2D eigenvalue weighted by molar-refractivity contribution is 0.403. The minimum Gasteiger partial charge on any atom is -0.495 e. The molecule has 0 unspecified atom stereocenters. The van der Waals surface area contributed by atoms with Crippen LogP contribution in [0.1, 0.15) is 11.4 Å². The third-order valence-electron chi connectivity index (χ3n) is 3.11. The number of benzene rings is 1. The highest BCUT2D eigenvalue weighted by Crippen LogP contribution is 2.30. The van der Waals surface area contributed by atoms with Crippen molar-refractivity contribution in [2.75, 3.05) is 12.8 Å². The van der Waals surface area contributed by atoms with Crippen LogP contribution in [-0.2, 0) is 22.6 Å². The van der Waals surface area contributed by atoms with E-state index < -0.39 is 9.84 Å². The number of hydrogen-bond acceptors (Lipinski definition) is 5. The monoisotopic (exact) mass is 373 g/mol. The molecule has 8 heteroatoms. The Bertz CT molecular complexity index is 784. The van der Waals surface area contributed by atoms with Gasteiger partial charge in [-0.3, -0.25) is 4.68 Å². The van der Waals surface area contributed by atoms with E-state index in [1.807, 2.05) is 6.92 Å². The van der Waals surface area contributed by atoms with Crippen LogP contribution >= 0.6 is 15.9 Å². The number of halogens is 1. The molecule has 1 aromatic carbocycles. The van der Waals surface area contributed by atoms with E-state index in [0.717, 1.165) is 5.69 Å². The van der Waals surface area contributed by atoms with Crippen LogP contribution in [-0.4, -0.2) is 25.3 Å². The van der Waals surface area contributed by atoms with E-state index in [2.05, 4.69) is 21.0 Å². The first kappa shape index (κ1) is 15.8. The van der Waals surface area contributed by atoms with E-state index in [4.69, 9.17) is 10.5 Å². The van der Waals surface area contributed by atoms with Gasteiger partial charge in [-0.1, -0.05) is 0 Å². The van der Waals surface area contributed by atoms with Gasteiger partial charge in [0.05, 0.1) is 28.7 Å². The topological polar surface area (TPSA) is 87.2 Å². The number of methoxy groups -OCH3 is 1. The van der Waals surface area contributed by atoms with Crippen LogP contribution in [0.5, 0.6) is 5.75 Å². The predicted octanol–water partition coefficient (Wildman–Crippen LogP) is 2.06. The number of nitrogen functional groups attached to an aromatic ring is 1. The van der Waals surface area contributed by atoms with Crippen LogP contribution in [0, 0.1) is 6.92 Å². The molecule has 2 rings (SSSR count). The van der Waals surface area contributed by atoms with Crippen molar-refractivity contribution in [1.82, 2.24) is 9.78 Å². The molecular weight excluding hydrogens is 358 g/mol. The smallest absolute Gasteiger partial charge is 0.187 e. The normalized spacial score (nSPS) is 11.6. The number of nitrogens with zero attached hydrogens (tertiary/aromatic N) is 2. The van der Waals surface area contributed by atoms with Crippen molar-refractivity contribution in [2.24, 2.45) is 7.05 Å². The Kier molecular flexibility index (Phi) is 4.29. The highest BCUT2D eigenvalue weighted by atomic mass is 79.9. The molecule has 0 fully saturated rings. The highest BCUT2D eigenvalue weighted by Gasteiger charge is 2.24. The van der Waals surface area contributed by atoms with Gasteiger partial charge in [-0.15, -0.1) is 0 Å². The van der Waals surface area contributed by atoms with Crippen LogP contribution in [0.4, 0.5) is 5.69 Å². The number of hydrogen-bond donors (Lipinski definition) is 1. The minimum atomic E-state index is -3.58. The van der Waals surface area contributed by atoms with E-state index in [9.17, 15) is 8.42 Å². The summed E-state index contributed by atoms with van der Waals surface area (Å²) < 4.78 is 32.6. The van der Waals surface area contributed by atoms with Crippen LogP contribution in [0.2, 0.25) is 0 Å². The lowest BCUT2D eigenvalue weighted by atomic mass is 10.3. The molecule has 0 spiro atoms. The molecule has 2 N–H and O–H groups in total. The van der Waals surface area contributed by atoms with E-state index >= 15 is 0 Å². The summed E-state index contributed by atoms with van der Waals surface area (Å²) in [7, 11) is -0.450. The molecule has 0 aliphatic rings. The van der Waals surface area contributed by atoms with Crippen molar-refractivity contribution in [3.05, 3.63) is 34.1 Å². The molecule has 0 aliphatic heterocycles. The molecule has 0 amide bonds. The van der Waals surface area contributed by atoms with Crippen molar-refractivity contribution in [3.63, 3.8) is 0 Å². The van der Waals surface area contributed by atoms with Crippen molar-refractivity contribution in [1.29, 1.82) is 0 Å². The van der Waals surface area contributed by atoms with Gasteiger partial charge in [0.2, 0.25) is 0 Å². The molecule has 0 radical (unpaired) electrons. The minimum absolute atomic E-state index is 0.116. The Morgan fingerprint density at radius 1 is 1.43 bits per heavy atom. The number of rotatable bonds is 4. The average Bonchev–Trinajstić information content (AvgIpc) is 2.64. The van der Waals surface area contributed by atoms with Crippen LogP contribution in [0.25, 0.3) is 0 Å². The maximum absolute atomic E-state index is 12.6. The summed E-state index contributed by atoms with van der Waals surface area (Å²) in [5.74, 6) is 0.0654. The lowest BCUT2D eigenvalue weighted by Crippen LogP contribution is -2.10. The Morgan fingerprint density at radius 2 is 2.10 bits per heavy atom. The van der Waals surface area contributed by atoms with Crippen LogP contribution < -0.4 is 10.5 Å². The quantitative estimate of drug-likeness (QED) is 0.828. The maximum atomic E-state index is 12.6. The first-order valence-corrected chi connectivity index (χ1v) is 8.55. The predicted molar refractivity (Wildman–Crippen MR) is 83.9 cm³/mol. The van der Waals surface area contributed by atoms with Gasteiger partial charge in [-0.2, -0.15) is 5.10 Å². The zero-order chi connectivity index (χ0) is 15.8. The zero-order valence-corrected chi connectivity index (χ0v) is 14.3. The first-order valence-electron chi connectivity index (χ1n) is 6.10. The van der Waals surface area contributed by atoms with Gasteiger partial charge in [0.1, 0.15) is 10.6 Å².